The second kappa shape index (κ2) is 7.69. The van der Waals surface area contributed by atoms with Crippen molar-refractivity contribution in [1.29, 1.82) is 0 Å². The van der Waals surface area contributed by atoms with E-state index in [1.54, 1.807) is 28.9 Å². The molecule has 2 aromatic carbocycles. The van der Waals surface area contributed by atoms with Crippen LogP contribution in [-0.4, -0.2) is 27.4 Å². The van der Waals surface area contributed by atoms with E-state index in [1.807, 2.05) is 19.1 Å². The lowest BCUT2D eigenvalue weighted by molar-refractivity contribution is 0.102. The number of aromatic nitrogens is 3. The highest BCUT2D eigenvalue weighted by Gasteiger charge is 2.22. The molecule has 0 fully saturated rings. The maximum Gasteiger partial charge on any atom is 0.278 e. The summed E-state index contributed by atoms with van der Waals surface area (Å²) in [5.41, 5.74) is 3.23. The molecule has 0 saturated heterocycles. The van der Waals surface area contributed by atoms with E-state index in [9.17, 15) is 9.18 Å². The highest BCUT2D eigenvalue weighted by atomic mass is 35.5. The molecule has 0 aliphatic carbocycles. The predicted molar refractivity (Wildman–Crippen MR) is 106 cm³/mol. The minimum absolute atomic E-state index is 0.157. The molecular formula is C20H19ClFN5O. The van der Waals surface area contributed by atoms with Crippen molar-refractivity contribution in [3.05, 3.63) is 69.8 Å². The maximum absolute atomic E-state index is 14.8. The van der Waals surface area contributed by atoms with Crippen molar-refractivity contribution in [2.75, 3.05) is 11.9 Å². The third kappa shape index (κ3) is 3.39. The maximum atomic E-state index is 14.8. The number of nitrogens with zero attached hydrogens (tertiary/aromatic N) is 3. The highest BCUT2D eigenvalue weighted by Crippen LogP contribution is 2.25. The Morgan fingerprint density at radius 1 is 1.36 bits per heavy atom. The minimum atomic E-state index is -0.488. The van der Waals surface area contributed by atoms with Crippen LogP contribution in [0.5, 0.6) is 0 Å². The van der Waals surface area contributed by atoms with E-state index in [2.05, 4.69) is 20.9 Å². The van der Waals surface area contributed by atoms with E-state index in [0.29, 0.717) is 41.4 Å². The molecule has 0 radical (unpaired) electrons. The lowest BCUT2D eigenvalue weighted by Gasteiger charge is -2.19. The summed E-state index contributed by atoms with van der Waals surface area (Å²) in [6, 6.07) is 10.6. The summed E-state index contributed by atoms with van der Waals surface area (Å²) in [5.74, 6) is -0.870. The average Bonchev–Trinajstić information content (AvgIpc) is 3.14. The summed E-state index contributed by atoms with van der Waals surface area (Å²) in [7, 11) is 0. The van der Waals surface area contributed by atoms with Crippen LogP contribution in [0.1, 0.15) is 34.2 Å². The van der Waals surface area contributed by atoms with Crippen molar-refractivity contribution in [1.82, 2.24) is 20.3 Å². The molecule has 0 spiro atoms. The van der Waals surface area contributed by atoms with Gasteiger partial charge in [-0.25, -0.2) is 9.07 Å². The Bertz CT molecular complexity index is 1050. The second-order valence-electron chi connectivity index (χ2n) is 6.58. The molecule has 3 aromatic rings. The number of amides is 1. The number of halogens is 2. The van der Waals surface area contributed by atoms with Gasteiger partial charge in [-0.15, -0.1) is 5.10 Å². The van der Waals surface area contributed by atoms with Crippen LogP contribution in [0.4, 0.5) is 10.1 Å². The van der Waals surface area contributed by atoms with Crippen molar-refractivity contribution in [3.63, 3.8) is 0 Å². The van der Waals surface area contributed by atoms with E-state index < -0.39 is 5.91 Å². The zero-order chi connectivity index (χ0) is 19.7. The molecule has 2 N–H and O–H groups in total. The normalized spacial score (nSPS) is 13.2. The second-order valence-corrected chi connectivity index (χ2v) is 7.01. The quantitative estimate of drug-likeness (QED) is 0.704. The van der Waals surface area contributed by atoms with Gasteiger partial charge in [0.2, 0.25) is 0 Å². The molecule has 144 valence electrons. The Morgan fingerprint density at radius 3 is 3.00 bits per heavy atom. The molecule has 28 heavy (non-hydrogen) atoms. The molecule has 1 aliphatic heterocycles. The molecule has 0 atom stereocenters. The number of rotatable bonds is 4. The highest BCUT2D eigenvalue weighted by molar-refractivity contribution is 6.30. The van der Waals surface area contributed by atoms with Crippen LogP contribution < -0.4 is 10.6 Å². The first-order valence-corrected chi connectivity index (χ1v) is 9.49. The van der Waals surface area contributed by atoms with Gasteiger partial charge in [0.1, 0.15) is 5.82 Å². The molecule has 1 aromatic heterocycles. The van der Waals surface area contributed by atoms with E-state index in [0.717, 1.165) is 12.1 Å². The minimum Gasteiger partial charge on any atom is -0.318 e. The molecule has 0 bridgehead atoms. The van der Waals surface area contributed by atoms with Crippen molar-refractivity contribution in [2.24, 2.45) is 0 Å². The largest absolute Gasteiger partial charge is 0.318 e. The van der Waals surface area contributed by atoms with Gasteiger partial charge in [-0.3, -0.25) is 4.79 Å². The molecule has 2 heterocycles. The summed E-state index contributed by atoms with van der Waals surface area (Å²) in [5, 5.41) is 14.6. The Hall–Kier alpha value is -2.77. The van der Waals surface area contributed by atoms with Crippen molar-refractivity contribution in [3.8, 4) is 5.69 Å². The van der Waals surface area contributed by atoms with Crippen LogP contribution in [0.15, 0.2) is 36.4 Å². The third-order valence-electron chi connectivity index (χ3n) is 4.82. The van der Waals surface area contributed by atoms with Gasteiger partial charge >= 0.3 is 0 Å². The SMILES string of the molecule is CCc1c(C(=O)Nc2ccc3c(c2F)CCNC3)nnn1-c1cccc(Cl)c1. The topological polar surface area (TPSA) is 71.8 Å². The van der Waals surface area contributed by atoms with Crippen LogP contribution in [-0.2, 0) is 19.4 Å². The van der Waals surface area contributed by atoms with Crippen LogP contribution in [0.3, 0.4) is 0 Å². The fraction of sp³-hybridized carbons (Fsp3) is 0.250. The summed E-state index contributed by atoms with van der Waals surface area (Å²) in [6.07, 6.45) is 1.12. The number of benzene rings is 2. The standard InChI is InChI=1S/C20H19ClFN5O/c1-2-17-19(25-26-27(17)14-5-3-4-13(21)10-14)20(28)24-16-7-6-12-11-23-9-8-15(12)18(16)22/h3-7,10,23H,2,8-9,11H2,1H3,(H,24,28). The molecule has 1 aliphatic rings. The Balaban J connectivity index is 1.64. The number of carbonyl (C=O) groups is 1. The van der Waals surface area contributed by atoms with Crippen LogP contribution in [0, 0.1) is 5.82 Å². The molecular weight excluding hydrogens is 381 g/mol. The average molecular weight is 400 g/mol. The fourth-order valence-corrected chi connectivity index (χ4v) is 3.61. The first kappa shape index (κ1) is 18.6. The number of nitrogens with one attached hydrogen (secondary N) is 2. The Morgan fingerprint density at radius 2 is 2.21 bits per heavy atom. The van der Waals surface area contributed by atoms with Crippen LogP contribution >= 0.6 is 11.6 Å². The lowest BCUT2D eigenvalue weighted by atomic mass is 9.99. The fourth-order valence-electron chi connectivity index (χ4n) is 3.42. The monoisotopic (exact) mass is 399 g/mol. The Kier molecular flexibility index (Phi) is 5.11. The summed E-state index contributed by atoms with van der Waals surface area (Å²) in [4.78, 5) is 12.8. The van der Waals surface area contributed by atoms with E-state index in [4.69, 9.17) is 11.6 Å². The molecule has 8 heteroatoms. The van der Waals surface area contributed by atoms with Crippen LogP contribution in [0.2, 0.25) is 5.02 Å². The first-order chi connectivity index (χ1) is 13.6. The van der Waals surface area contributed by atoms with Gasteiger partial charge in [0.15, 0.2) is 5.69 Å². The van der Waals surface area contributed by atoms with Gasteiger partial charge in [-0.05, 0) is 54.8 Å². The lowest BCUT2D eigenvalue weighted by Crippen LogP contribution is -2.25. The Labute approximate surface area is 166 Å². The van der Waals surface area contributed by atoms with Gasteiger partial charge in [0, 0.05) is 11.6 Å². The molecule has 0 saturated carbocycles. The van der Waals surface area contributed by atoms with Crippen LogP contribution in [0.25, 0.3) is 5.69 Å². The molecule has 4 rings (SSSR count). The summed E-state index contributed by atoms with van der Waals surface area (Å²) in [6.45, 7) is 3.26. The zero-order valence-corrected chi connectivity index (χ0v) is 16.1. The van der Waals surface area contributed by atoms with Crippen molar-refractivity contribution in [2.45, 2.75) is 26.3 Å². The van der Waals surface area contributed by atoms with Gasteiger partial charge in [0.05, 0.1) is 17.1 Å². The molecule has 0 unspecified atom stereocenters. The zero-order valence-electron chi connectivity index (χ0n) is 15.3. The summed E-state index contributed by atoms with van der Waals surface area (Å²) < 4.78 is 16.4. The first-order valence-electron chi connectivity index (χ1n) is 9.11. The number of hydrogen-bond acceptors (Lipinski definition) is 4. The molecule has 1 amide bonds. The van der Waals surface area contributed by atoms with Gasteiger partial charge < -0.3 is 10.6 Å². The molecule has 6 nitrogen and oxygen atoms in total. The number of fused-ring (bicyclic) bond motifs is 1. The van der Waals surface area contributed by atoms with Gasteiger partial charge in [-0.1, -0.05) is 35.9 Å². The number of carbonyl (C=O) groups excluding carboxylic acids is 1. The third-order valence-corrected chi connectivity index (χ3v) is 5.06. The van der Waals surface area contributed by atoms with E-state index >= 15 is 0 Å². The van der Waals surface area contributed by atoms with Crippen molar-refractivity contribution >= 4 is 23.2 Å². The number of hydrogen-bond donors (Lipinski definition) is 2. The predicted octanol–water partition coefficient (Wildman–Crippen LogP) is 3.52. The van der Waals surface area contributed by atoms with Gasteiger partial charge in [-0.2, -0.15) is 0 Å². The van der Waals surface area contributed by atoms with E-state index in [-0.39, 0.29) is 17.2 Å². The van der Waals surface area contributed by atoms with Gasteiger partial charge in [0.25, 0.3) is 5.91 Å². The van der Waals surface area contributed by atoms with Crippen molar-refractivity contribution < 1.29 is 9.18 Å². The summed E-state index contributed by atoms with van der Waals surface area (Å²) >= 11 is 6.06. The number of anilines is 1. The smallest absolute Gasteiger partial charge is 0.278 e. The van der Waals surface area contributed by atoms with E-state index in [1.165, 1.54) is 0 Å².